The fourth-order valence-corrected chi connectivity index (χ4v) is 1.29. The zero-order valence-electron chi connectivity index (χ0n) is 6.76. The molecule has 0 unspecified atom stereocenters. The summed E-state index contributed by atoms with van der Waals surface area (Å²) in [7, 11) is 0. The molecular formula is C8H12F2O2. The second-order valence-electron chi connectivity index (χ2n) is 2.96. The van der Waals surface area contributed by atoms with Crippen LogP contribution in [0.15, 0.2) is 0 Å². The molecule has 1 rings (SSSR count). The summed E-state index contributed by atoms with van der Waals surface area (Å²) in [4.78, 5) is 10.7. The van der Waals surface area contributed by atoms with Crippen molar-refractivity contribution < 1.29 is 18.3 Å². The van der Waals surface area contributed by atoms with Crippen molar-refractivity contribution in [2.75, 3.05) is 6.61 Å². The first-order chi connectivity index (χ1) is 5.68. The fraction of sp³-hybridized carbons (Fsp3) is 0.875. The smallest absolute Gasteiger partial charge is 0.261 e. The molecule has 0 N–H and O–H groups in total. The standard InChI is InChI=1S/C8H12F2O2/c9-8(10)5-12-7-3-1-6(11)2-4-7/h7-8H,1-5H2. The van der Waals surface area contributed by atoms with Crippen molar-refractivity contribution in [1.29, 1.82) is 0 Å². The van der Waals surface area contributed by atoms with Gasteiger partial charge in [-0.25, -0.2) is 8.78 Å². The van der Waals surface area contributed by atoms with Gasteiger partial charge in [-0.2, -0.15) is 0 Å². The maximum absolute atomic E-state index is 11.7. The van der Waals surface area contributed by atoms with Gasteiger partial charge in [-0.1, -0.05) is 0 Å². The molecule has 0 aromatic carbocycles. The van der Waals surface area contributed by atoms with Crippen LogP contribution in [-0.2, 0) is 9.53 Å². The Balaban J connectivity index is 2.13. The maximum atomic E-state index is 11.7. The van der Waals surface area contributed by atoms with Gasteiger partial charge in [0.15, 0.2) is 0 Å². The van der Waals surface area contributed by atoms with E-state index >= 15 is 0 Å². The van der Waals surface area contributed by atoms with Crippen LogP contribution in [-0.4, -0.2) is 24.9 Å². The quantitative estimate of drug-likeness (QED) is 0.658. The Morgan fingerprint density at radius 3 is 2.50 bits per heavy atom. The molecule has 1 fully saturated rings. The van der Waals surface area contributed by atoms with Gasteiger partial charge in [0.25, 0.3) is 6.43 Å². The molecule has 1 aliphatic carbocycles. The molecule has 0 aromatic heterocycles. The van der Waals surface area contributed by atoms with Crippen LogP contribution in [0.3, 0.4) is 0 Å². The van der Waals surface area contributed by atoms with Gasteiger partial charge < -0.3 is 4.74 Å². The molecule has 0 aromatic rings. The minimum atomic E-state index is -2.40. The molecule has 0 heterocycles. The van der Waals surface area contributed by atoms with E-state index in [0.29, 0.717) is 25.7 Å². The molecular weight excluding hydrogens is 166 g/mol. The predicted octanol–water partition coefficient (Wildman–Crippen LogP) is 1.78. The number of Topliss-reactive ketones (excluding diaryl/α,β-unsaturated/α-hetero) is 1. The van der Waals surface area contributed by atoms with E-state index in [1.54, 1.807) is 0 Å². The summed E-state index contributed by atoms with van der Waals surface area (Å²) in [6.45, 7) is -0.501. The highest BCUT2D eigenvalue weighted by Gasteiger charge is 2.19. The van der Waals surface area contributed by atoms with Gasteiger partial charge in [-0.05, 0) is 12.8 Å². The lowest BCUT2D eigenvalue weighted by molar-refractivity contribution is -0.123. The minimum Gasteiger partial charge on any atom is -0.372 e. The molecule has 12 heavy (non-hydrogen) atoms. The third kappa shape index (κ3) is 3.26. The molecule has 0 amide bonds. The van der Waals surface area contributed by atoms with E-state index in [1.165, 1.54) is 0 Å². The lowest BCUT2D eigenvalue weighted by Gasteiger charge is -2.20. The average molecular weight is 178 g/mol. The van der Waals surface area contributed by atoms with Gasteiger partial charge >= 0.3 is 0 Å². The summed E-state index contributed by atoms with van der Waals surface area (Å²) in [5.41, 5.74) is 0. The van der Waals surface area contributed by atoms with E-state index < -0.39 is 13.0 Å². The van der Waals surface area contributed by atoms with Gasteiger partial charge in [-0.3, -0.25) is 4.79 Å². The molecule has 0 atom stereocenters. The van der Waals surface area contributed by atoms with E-state index in [2.05, 4.69) is 0 Å². The number of ether oxygens (including phenoxy) is 1. The molecule has 1 aliphatic rings. The van der Waals surface area contributed by atoms with Crippen LogP contribution >= 0.6 is 0 Å². The number of halogens is 2. The Bertz CT molecular complexity index is 149. The topological polar surface area (TPSA) is 26.3 Å². The zero-order chi connectivity index (χ0) is 8.97. The van der Waals surface area contributed by atoms with Crippen LogP contribution in [0.25, 0.3) is 0 Å². The summed E-state index contributed by atoms with van der Waals surface area (Å²) in [6, 6.07) is 0. The molecule has 1 saturated carbocycles. The molecule has 70 valence electrons. The molecule has 2 nitrogen and oxygen atoms in total. The summed E-state index contributed by atoms with van der Waals surface area (Å²) >= 11 is 0. The Labute approximate surface area is 69.9 Å². The Kier molecular flexibility index (Phi) is 3.59. The highest BCUT2D eigenvalue weighted by molar-refractivity contribution is 5.79. The van der Waals surface area contributed by atoms with Crippen molar-refractivity contribution >= 4 is 5.78 Å². The normalized spacial score (nSPS) is 20.4. The SMILES string of the molecule is O=C1CCC(OCC(F)F)CC1. The van der Waals surface area contributed by atoms with Gasteiger partial charge in [-0.15, -0.1) is 0 Å². The first-order valence-corrected chi connectivity index (χ1v) is 4.10. The van der Waals surface area contributed by atoms with Crippen LogP contribution < -0.4 is 0 Å². The molecule has 0 aliphatic heterocycles. The molecule has 0 bridgehead atoms. The molecule has 0 saturated heterocycles. The number of carbonyl (C=O) groups is 1. The molecule has 0 radical (unpaired) electrons. The van der Waals surface area contributed by atoms with E-state index in [1.807, 2.05) is 0 Å². The van der Waals surface area contributed by atoms with Crippen molar-refractivity contribution in [3.63, 3.8) is 0 Å². The minimum absolute atomic E-state index is 0.128. The second kappa shape index (κ2) is 4.50. The van der Waals surface area contributed by atoms with E-state index in [0.717, 1.165) is 0 Å². The average Bonchev–Trinajstić information content (AvgIpc) is 2.03. The van der Waals surface area contributed by atoms with Crippen molar-refractivity contribution in [1.82, 2.24) is 0 Å². The summed E-state index contributed by atoms with van der Waals surface area (Å²) < 4.78 is 28.2. The van der Waals surface area contributed by atoms with Crippen molar-refractivity contribution in [3.8, 4) is 0 Å². The van der Waals surface area contributed by atoms with Crippen molar-refractivity contribution in [2.45, 2.75) is 38.2 Å². The van der Waals surface area contributed by atoms with Gasteiger partial charge in [0.05, 0.1) is 6.10 Å². The maximum Gasteiger partial charge on any atom is 0.261 e. The number of rotatable bonds is 3. The molecule has 0 spiro atoms. The van der Waals surface area contributed by atoms with Crippen LogP contribution in [0, 0.1) is 0 Å². The summed E-state index contributed by atoms with van der Waals surface area (Å²) in [6.07, 6.45) is -0.363. The van der Waals surface area contributed by atoms with E-state index in [4.69, 9.17) is 4.74 Å². The van der Waals surface area contributed by atoms with Gasteiger partial charge in [0.1, 0.15) is 12.4 Å². The largest absolute Gasteiger partial charge is 0.372 e. The summed E-state index contributed by atoms with van der Waals surface area (Å²) in [5, 5.41) is 0. The van der Waals surface area contributed by atoms with Crippen LogP contribution in [0.2, 0.25) is 0 Å². The molecule has 4 heteroatoms. The zero-order valence-corrected chi connectivity index (χ0v) is 6.76. The number of ketones is 1. The van der Waals surface area contributed by atoms with E-state index in [-0.39, 0.29) is 11.9 Å². The second-order valence-corrected chi connectivity index (χ2v) is 2.96. The Morgan fingerprint density at radius 2 is 2.00 bits per heavy atom. The third-order valence-corrected chi connectivity index (χ3v) is 1.95. The van der Waals surface area contributed by atoms with Crippen molar-refractivity contribution in [3.05, 3.63) is 0 Å². The first kappa shape index (κ1) is 9.58. The lowest BCUT2D eigenvalue weighted by Crippen LogP contribution is -2.23. The van der Waals surface area contributed by atoms with Gasteiger partial charge in [0.2, 0.25) is 0 Å². The first-order valence-electron chi connectivity index (χ1n) is 4.10. The van der Waals surface area contributed by atoms with Gasteiger partial charge in [0, 0.05) is 12.8 Å². The van der Waals surface area contributed by atoms with Crippen LogP contribution in [0.1, 0.15) is 25.7 Å². The lowest BCUT2D eigenvalue weighted by atomic mass is 9.97. The van der Waals surface area contributed by atoms with Crippen molar-refractivity contribution in [2.24, 2.45) is 0 Å². The Morgan fingerprint density at radius 1 is 1.42 bits per heavy atom. The van der Waals surface area contributed by atoms with Crippen LogP contribution in [0.5, 0.6) is 0 Å². The number of carbonyl (C=O) groups excluding carboxylic acids is 1. The highest BCUT2D eigenvalue weighted by atomic mass is 19.3. The number of hydrogen-bond acceptors (Lipinski definition) is 2. The summed E-state index contributed by atoms with van der Waals surface area (Å²) in [5.74, 6) is 0.215. The Hall–Kier alpha value is -0.510. The third-order valence-electron chi connectivity index (χ3n) is 1.95. The number of alkyl halides is 2. The predicted molar refractivity (Wildman–Crippen MR) is 39.2 cm³/mol. The van der Waals surface area contributed by atoms with E-state index in [9.17, 15) is 13.6 Å². The fourth-order valence-electron chi connectivity index (χ4n) is 1.29. The monoisotopic (exact) mass is 178 g/mol. The highest BCUT2D eigenvalue weighted by Crippen LogP contribution is 2.18. The van der Waals surface area contributed by atoms with Crippen LogP contribution in [0.4, 0.5) is 8.78 Å². The number of hydrogen-bond donors (Lipinski definition) is 0.